The van der Waals surface area contributed by atoms with Crippen molar-refractivity contribution in [2.75, 3.05) is 12.4 Å². The van der Waals surface area contributed by atoms with Gasteiger partial charge in [-0.15, -0.1) is 0 Å². The zero-order chi connectivity index (χ0) is 22.9. The Balaban J connectivity index is 1.66. The molecule has 1 amide bonds. The minimum atomic E-state index is -0.471. The summed E-state index contributed by atoms with van der Waals surface area (Å²) in [7, 11) is 1.47. The Morgan fingerprint density at radius 1 is 1.00 bits per heavy atom. The van der Waals surface area contributed by atoms with Gasteiger partial charge in [-0.1, -0.05) is 24.3 Å². The van der Waals surface area contributed by atoms with E-state index < -0.39 is 5.97 Å². The number of hydrogen-bond donors (Lipinski definition) is 1. The molecular weight excluding hydrogens is 413 g/mol. The highest BCUT2D eigenvalue weighted by molar-refractivity contribution is 6.02. The maximum atomic E-state index is 13.0. The number of para-hydroxylation sites is 1. The van der Waals surface area contributed by atoms with E-state index in [2.05, 4.69) is 5.32 Å². The summed E-state index contributed by atoms with van der Waals surface area (Å²) in [5, 5.41) is 2.82. The number of esters is 1. The lowest BCUT2D eigenvalue weighted by Crippen LogP contribution is -2.10. The summed E-state index contributed by atoms with van der Waals surface area (Å²) in [6.45, 7) is 1.50. The van der Waals surface area contributed by atoms with E-state index in [0.717, 1.165) is 5.56 Å². The van der Waals surface area contributed by atoms with Crippen molar-refractivity contribution in [2.45, 2.75) is 13.5 Å². The van der Waals surface area contributed by atoms with Crippen molar-refractivity contribution in [1.82, 2.24) is 0 Å². The lowest BCUT2D eigenvalue weighted by molar-refractivity contribution is -0.132. The summed E-state index contributed by atoms with van der Waals surface area (Å²) in [6, 6.07) is 17.9. The summed E-state index contributed by atoms with van der Waals surface area (Å²) < 4.78 is 29.0. The number of amides is 1. The third-order valence-electron chi connectivity index (χ3n) is 4.35. The van der Waals surface area contributed by atoms with Crippen LogP contribution in [0.1, 0.15) is 18.1 Å². The first-order chi connectivity index (χ1) is 15.4. The second kappa shape index (κ2) is 10.8. The number of ether oxygens (including phenoxy) is 3. The molecule has 0 saturated carbocycles. The molecule has 0 aliphatic heterocycles. The van der Waals surface area contributed by atoms with Gasteiger partial charge in [-0.2, -0.15) is 0 Å². The van der Waals surface area contributed by atoms with E-state index in [1.54, 1.807) is 36.4 Å². The molecule has 0 unspecified atom stereocenters. The number of halogens is 1. The third-order valence-corrected chi connectivity index (χ3v) is 4.35. The van der Waals surface area contributed by atoms with Crippen LogP contribution in [0.4, 0.5) is 10.1 Å². The van der Waals surface area contributed by atoms with E-state index in [4.69, 9.17) is 14.2 Å². The number of benzene rings is 3. The van der Waals surface area contributed by atoms with Gasteiger partial charge in [0.25, 0.3) is 0 Å². The normalized spacial score (nSPS) is 10.6. The minimum Gasteiger partial charge on any atom is -0.493 e. The van der Waals surface area contributed by atoms with Crippen molar-refractivity contribution < 1.29 is 28.2 Å². The highest BCUT2D eigenvalue weighted by Crippen LogP contribution is 2.28. The molecule has 1 N–H and O–H groups in total. The molecule has 3 rings (SSSR count). The molecule has 164 valence electrons. The van der Waals surface area contributed by atoms with Crippen molar-refractivity contribution in [1.29, 1.82) is 0 Å². The number of carbonyl (C=O) groups excluding carboxylic acids is 2. The fourth-order valence-electron chi connectivity index (χ4n) is 2.84. The largest absolute Gasteiger partial charge is 0.493 e. The van der Waals surface area contributed by atoms with Crippen molar-refractivity contribution in [3.63, 3.8) is 0 Å². The van der Waals surface area contributed by atoms with Crippen LogP contribution in [0.15, 0.2) is 72.8 Å². The standard InChI is InChI=1S/C25H22FNO5/c1-17(28)32-24-15-18(7-13-23(24)30-2)8-14-25(29)27-22-6-4-3-5-19(22)16-31-21-11-9-20(26)10-12-21/h3-15H,16H2,1-2H3,(H,27,29)/b14-8+. The van der Waals surface area contributed by atoms with Gasteiger partial charge in [0, 0.05) is 24.3 Å². The van der Waals surface area contributed by atoms with Crippen LogP contribution in [0, 0.1) is 5.82 Å². The molecule has 7 heteroatoms. The van der Waals surface area contributed by atoms with Crippen LogP contribution < -0.4 is 19.5 Å². The van der Waals surface area contributed by atoms with Crippen LogP contribution in [0.25, 0.3) is 6.08 Å². The molecule has 0 aliphatic carbocycles. The third kappa shape index (κ3) is 6.43. The number of nitrogens with one attached hydrogen (secondary N) is 1. The lowest BCUT2D eigenvalue weighted by atomic mass is 10.1. The van der Waals surface area contributed by atoms with Gasteiger partial charge >= 0.3 is 5.97 Å². The Kier molecular flexibility index (Phi) is 7.59. The Bertz CT molecular complexity index is 1130. The average molecular weight is 435 g/mol. The van der Waals surface area contributed by atoms with E-state index in [0.29, 0.717) is 22.7 Å². The molecule has 6 nitrogen and oxygen atoms in total. The summed E-state index contributed by atoms with van der Waals surface area (Å²) in [6.07, 6.45) is 2.97. The number of hydrogen-bond acceptors (Lipinski definition) is 5. The van der Waals surface area contributed by atoms with Gasteiger partial charge in [-0.25, -0.2) is 4.39 Å². The predicted octanol–water partition coefficient (Wildman–Crippen LogP) is 4.99. The van der Waals surface area contributed by atoms with Crippen LogP contribution in [-0.2, 0) is 16.2 Å². The summed E-state index contributed by atoms with van der Waals surface area (Å²) in [5.41, 5.74) is 2.02. The summed E-state index contributed by atoms with van der Waals surface area (Å²) in [5.74, 6) is 0.0533. The first kappa shape index (κ1) is 22.6. The molecule has 0 saturated heterocycles. The summed E-state index contributed by atoms with van der Waals surface area (Å²) in [4.78, 5) is 23.7. The van der Waals surface area contributed by atoms with Crippen LogP contribution in [0.2, 0.25) is 0 Å². The highest BCUT2D eigenvalue weighted by Gasteiger charge is 2.08. The predicted molar refractivity (Wildman–Crippen MR) is 119 cm³/mol. The van der Waals surface area contributed by atoms with E-state index in [9.17, 15) is 14.0 Å². The van der Waals surface area contributed by atoms with Crippen LogP contribution in [-0.4, -0.2) is 19.0 Å². The lowest BCUT2D eigenvalue weighted by Gasteiger charge is -2.11. The fourth-order valence-corrected chi connectivity index (χ4v) is 2.84. The second-order valence-electron chi connectivity index (χ2n) is 6.73. The monoisotopic (exact) mass is 435 g/mol. The minimum absolute atomic E-state index is 0.204. The number of methoxy groups -OCH3 is 1. The SMILES string of the molecule is COc1ccc(/C=C/C(=O)Nc2ccccc2COc2ccc(F)cc2)cc1OC(C)=O. The van der Waals surface area contributed by atoms with Crippen LogP contribution in [0.5, 0.6) is 17.2 Å². The quantitative estimate of drug-likeness (QED) is 0.307. The smallest absolute Gasteiger partial charge is 0.308 e. The molecule has 0 aliphatic rings. The molecular formula is C25H22FNO5. The zero-order valence-corrected chi connectivity index (χ0v) is 17.6. The Morgan fingerprint density at radius 3 is 2.47 bits per heavy atom. The maximum absolute atomic E-state index is 13.0. The molecule has 0 bridgehead atoms. The van der Waals surface area contributed by atoms with Gasteiger partial charge in [0.15, 0.2) is 11.5 Å². The van der Waals surface area contributed by atoms with Crippen molar-refractivity contribution in [3.8, 4) is 17.2 Å². The maximum Gasteiger partial charge on any atom is 0.308 e. The summed E-state index contributed by atoms with van der Waals surface area (Å²) >= 11 is 0. The highest BCUT2D eigenvalue weighted by atomic mass is 19.1. The molecule has 0 spiro atoms. The van der Waals surface area contributed by atoms with Gasteiger partial charge in [0.1, 0.15) is 18.2 Å². The Morgan fingerprint density at radius 2 is 1.75 bits per heavy atom. The Labute approximate surface area is 185 Å². The first-order valence-electron chi connectivity index (χ1n) is 9.76. The van der Waals surface area contributed by atoms with Gasteiger partial charge in [0.2, 0.25) is 5.91 Å². The molecule has 0 atom stereocenters. The molecule has 0 heterocycles. The average Bonchev–Trinajstić information content (AvgIpc) is 2.78. The number of carbonyl (C=O) groups is 2. The van der Waals surface area contributed by atoms with Gasteiger partial charge in [0.05, 0.1) is 7.11 Å². The Hall–Kier alpha value is -4.13. The molecule has 0 fully saturated rings. The molecule has 3 aromatic rings. The zero-order valence-electron chi connectivity index (χ0n) is 17.6. The molecule has 3 aromatic carbocycles. The van der Waals surface area contributed by atoms with E-state index >= 15 is 0 Å². The van der Waals surface area contributed by atoms with Gasteiger partial charge < -0.3 is 19.5 Å². The first-order valence-corrected chi connectivity index (χ1v) is 9.76. The number of rotatable bonds is 8. The van der Waals surface area contributed by atoms with Crippen molar-refractivity contribution >= 4 is 23.6 Å². The van der Waals surface area contributed by atoms with Crippen LogP contribution in [0.3, 0.4) is 0 Å². The van der Waals surface area contributed by atoms with Gasteiger partial charge in [-0.3, -0.25) is 9.59 Å². The second-order valence-corrected chi connectivity index (χ2v) is 6.73. The molecule has 0 radical (unpaired) electrons. The van der Waals surface area contributed by atoms with E-state index in [-0.39, 0.29) is 24.1 Å². The van der Waals surface area contributed by atoms with E-state index in [1.807, 2.05) is 12.1 Å². The topological polar surface area (TPSA) is 73.9 Å². The molecule has 32 heavy (non-hydrogen) atoms. The van der Waals surface area contributed by atoms with E-state index in [1.165, 1.54) is 44.4 Å². The fraction of sp³-hybridized carbons (Fsp3) is 0.120. The van der Waals surface area contributed by atoms with Crippen molar-refractivity contribution in [3.05, 3.63) is 89.8 Å². The number of anilines is 1. The van der Waals surface area contributed by atoms with Crippen molar-refractivity contribution in [2.24, 2.45) is 0 Å². The van der Waals surface area contributed by atoms with Crippen LogP contribution >= 0.6 is 0 Å². The molecule has 0 aromatic heterocycles. The van der Waals surface area contributed by atoms with Gasteiger partial charge in [-0.05, 0) is 54.1 Å².